The van der Waals surface area contributed by atoms with Gasteiger partial charge < -0.3 is 4.74 Å². The fourth-order valence-corrected chi connectivity index (χ4v) is 1.81. The van der Waals surface area contributed by atoms with Gasteiger partial charge in [0.25, 0.3) is 0 Å². The monoisotopic (exact) mass is 255 g/mol. The largest absolute Gasteiger partial charge is 0.447 e. The van der Waals surface area contributed by atoms with Gasteiger partial charge in [0, 0.05) is 5.69 Å². The van der Waals surface area contributed by atoms with Crippen LogP contribution in [0.4, 0.5) is 0 Å². The Morgan fingerprint density at radius 3 is 2.58 bits per heavy atom. The zero-order chi connectivity index (χ0) is 13.8. The van der Waals surface area contributed by atoms with Crippen LogP contribution in [0.1, 0.15) is 21.7 Å². The Kier molecular flexibility index (Phi) is 3.62. The third kappa shape index (κ3) is 2.80. The molecular formula is C14H13N3O2. The van der Waals surface area contributed by atoms with Crippen LogP contribution in [0.2, 0.25) is 0 Å². The zero-order valence-electron chi connectivity index (χ0n) is 10.8. The molecule has 1 aromatic heterocycles. The number of aryl methyl sites for hydroxylation is 2. The number of benzene rings is 1. The zero-order valence-corrected chi connectivity index (χ0v) is 10.8. The van der Waals surface area contributed by atoms with Crippen LogP contribution >= 0.6 is 0 Å². The van der Waals surface area contributed by atoms with Crippen molar-refractivity contribution in [2.24, 2.45) is 0 Å². The van der Waals surface area contributed by atoms with Crippen LogP contribution in [-0.4, -0.2) is 22.4 Å². The highest BCUT2D eigenvalue weighted by Crippen LogP contribution is 2.13. The van der Waals surface area contributed by atoms with Crippen LogP contribution in [-0.2, 0) is 4.74 Å². The van der Waals surface area contributed by atoms with Crippen molar-refractivity contribution in [1.82, 2.24) is 9.78 Å². The maximum atomic E-state index is 11.5. The molecule has 0 radical (unpaired) electrons. The predicted molar refractivity (Wildman–Crippen MR) is 68.9 cm³/mol. The average molecular weight is 255 g/mol. The number of hydrogen-bond acceptors (Lipinski definition) is 4. The summed E-state index contributed by atoms with van der Waals surface area (Å²) in [6.07, 6.45) is 0. The van der Waals surface area contributed by atoms with Gasteiger partial charge in [-0.1, -0.05) is 0 Å². The van der Waals surface area contributed by atoms with Gasteiger partial charge in [-0.05, 0) is 44.2 Å². The van der Waals surface area contributed by atoms with E-state index >= 15 is 0 Å². The van der Waals surface area contributed by atoms with Crippen molar-refractivity contribution in [1.29, 1.82) is 5.26 Å². The van der Waals surface area contributed by atoms with E-state index < -0.39 is 5.97 Å². The number of nitriles is 1. The minimum Gasteiger partial charge on any atom is -0.447 e. The molecule has 0 atom stereocenters. The maximum Gasteiger partial charge on any atom is 0.339 e. The van der Waals surface area contributed by atoms with Crippen molar-refractivity contribution in [2.75, 3.05) is 6.61 Å². The molecule has 0 aliphatic heterocycles. The molecule has 0 bridgehead atoms. The molecule has 0 aliphatic rings. The Bertz CT molecular complexity index is 636. The van der Waals surface area contributed by atoms with Gasteiger partial charge in [-0.25, -0.2) is 9.48 Å². The Hall–Kier alpha value is -2.61. The molecule has 0 spiro atoms. The van der Waals surface area contributed by atoms with Gasteiger partial charge in [0.2, 0.25) is 0 Å². The first-order valence-corrected chi connectivity index (χ1v) is 5.79. The SMILES string of the molecule is Cc1cc(C)n(-c2ccc(C(=O)OCC#N)cc2)n1. The highest BCUT2D eigenvalue weighted by Gasteiger charge is 2.08. The van der Waals surface area contributed by atoms with Gasteiger partial charge in [-0.3, -0.25) is 0 Å². The summed E-state index contributed by atoms with van der Waals surface area (Å²) >= 11 is 0. The van der Waals surface area contributed by atoms with Crippen molar-refractivity contribution in [2.45, 2.75) is 13.8 Å². The summed E-state index contributed by atoms with van der Waals surface area (Å²) in [6, 6.07) is 10.6. The van der Waals surface area contributed by atoms with E-state index in [2.05, 4.69) is 5.10 Å². The molecule has 0 aliphatic carbocycles. The van der Waals surface area contributed by atoms with E-state index in [4.69, 9.17) is 10.00 Å². The lowest BCUT2D eigenvalue weighted by atomic mass is 10.2. The summed E-state index contributed by atoms with van der Waals surface area (Å²) in [5.41, 5.74) is 3.26. The molecule has 0 fully saturated rings. The second-order valence-electron chi connectivity index (χ2n) is 4.12. The summed E-state index contributed by atoms with van der Waals surface area (Å²) in [6.45, 7) is 3.66. The molecular weight excluding hydrogens is 242 g/mol. The van der Waals surface area contributed by atoms with Crippen molar-refractivity contribution >= 4 is 5.97 Å². The highest BCUT2D eigenvalue weighted by atomic mass is 16.5. The molecule has 1 aromatic carbocycles. The highest BCUT2D eigenvalue weighted by molar-refractivity contribution is 5.89. The van der Waals surface area contributed by atoms with Crippen LogP contribution in [0, 0.1) is 25.2 Å². The van der Waals surface area contributed by atoms with Crippen LogP contribution < -0.4 is 0 Å². The van der Waals surface area contributed by atoms with Crippen molar-refractivity contribution in [3.05, 3.63) is 47.3 Å². The van der Waals surface area contributed by atoms with Gasteiger partial charge in [0.1, 0.15) is 6.07 Å². The molecule has 0 saturated heterocycles. The third-order valence-electron chi connectivity index (χ3n) is 2.62. The lowest BCUT2D eigenvalue weighted by Crippen LogP contribution is -2.06. The molecule has 0 saturated carbocycles. The van der Waals surface area contributed by atoms with E-state index in [1.807, 2.05) is 19.9 Å². The van der Waals surface area contributed by atoms with Gasteiger partial charge in [0.15, 0.2) is 6.61 Å². The van der Waals surface area contributed by atoms with E-state index in [1.165, 1.54) is 0 Å². The molecule has 96 valence electrons. The molecule has 5 heteroatoms. The summed E-state index contributed by atoms with van der Waals surface area (Å²) in [4.78, 5) is 11.5. The Labute approximate surface area is 111 Å². The number of carbonyl (C=O) groups is 1. The van der Waals surface area contributed by atoms with Crippen LogP contribution in [0.15, 0.2) is 30.3 Å². The van der Waals surface area contributed by atoms with Crippen molar-refractivity contribution < 1.29 is 9.53 Å². The third-order valence-corrected chi connectivity index (χ3v) is 2.62. The fourth-order valence-electron chi connectivity index (χ4n) is 1.81. The van der Waals surface area contributed by atoms with Crippen LogP contribution in [0.3, 0.4) is 0 Å². The smallest absolute Gasteiger partial charge is 0.339 e. The normalized spacial score (nSPS) is 9.95. The molecule has 1 heterocycles. The molecule has 2 aromatic rings. The molecule has 19 heavy (non-hydrogen) atoms. The van der Waals surface area contributed by atoms with E-state index in [1.54, 1.807) is 35.0 Å². The summed E-state index contributed by atoms with van der Waals surface area (Å²) in [5, 5.41) is 12.7. The quantitative estimate of drug-likeness (QED) is 0.788. The standard InChI is InChI=1S/C14H13N3O2/c1-10-9-11(2)17(16-10)13-5-3-12(4-6-13)14(18)19-8-7-15/h3-6,9H,8H2,1-2H3. The number of esters is 1. The molecule has 2 rings (SSSR count). The molecule has 5 nitrogen and oxygen atoms in total. The Balaban J connectivity index is 2.22. The topological polar surface area (TPSA) is 67.9 Å². The number of rotatable bonds is 3. The first-order chi connectivity index (χ1) is 9.11. The van der Waals surface area contributed by atoms with Gasteiger partial charge in [-0.15, -0.1) is 0 Å². The van der Waals surface area contributed by atoms with Crippen molar-refractivity contribution in [3.8, 4) is 11.8 Å². The van der Waals surface area contributed by atoms with Gasteiger partial charge in [0.05, 0.1) is 16.9 Å². The summed E-state index contributed by atoms with van der Waals surface area (Å²) in [7, 11) is 0. The number of hydrogen-bond donors (Lipinski definition) is 0. The van der Waals surface area contributed by atoms with E-state index in [-0.39, 0.29) is 6.61 Å². The lowest BCUT2D eigenvalue weighted by Gasteiger charge is -2.05. The Morgan fingerprint density at radius 2 is 2.05 bits per heavy atom. The maximum absolute atomic E-state index is 11.5. The predicted octanol–water partition coefficient (Wildman–Crippen LogP) is 2.17. The number of aromatic nitrogens is 2. The molecule has 0 N–H and O–H groups in total. The van der Waals surface area contributed by atoms with Gasteiger partial charge >= 0.3 is 5.97 Å². The summed E-state index contributed by atoms with van der Waals surface area (Å²) in [5.74, 6) is -0.499. The Morgan fingerprint density at radius 1 is 1.37 bits per heavy atom. The van der Waals surface area contributed by atoms with E-state index in [0.29, 0.717) is 5.56 Å². The second-order valence-corrected chi connectivity index (χ2v) is 4.12. The first-order valence-electron chi connectivity index (χ1n) is 5.79. The number of ether oxygens (including phenoxy) is 1. The first kappa shape index (κ1) is 12.8. The molecule has 0 amide bonds. The van der Waals surface area contributed by atoms with E-state index in [0.717, 1.165) is 17.1 Å². The number of carbonyl (C=O) groups excluding carboxylic acids is 1. The average Bonchev–Trinajstić information content (AvgIpc) is 2.75. The van der Waals surface area contributed by atoms with Crippen LogP contribution in [0.25, 0.3) is 5.69 Å². The lowest BCUT2D eigenvalue weighted by molar-refractivity contribution is 0.0555. The van der Waals surface area contributed by atoms with Gasteiger partial charge in [-0.2, -0.15) is 10.4 Å². The van der Waals surface area contributed by atoms with Crippen molar-refractivity contribution in [3.63, 3.8) is 0 Å². The second kappa shape index (κ2) is 5.36. The minimum atomic E-state index is -0.499. The number of nitrogens with zero attached hydrogens (tertiary/aromatic N) is 3. The fraction of sp³-hybridized carbons (Fsp3) is 0.214. The summed E-state index contributed by atoms with van der Waals surface area (Å²) < 4.78 is 6.53. The van der Waals surface area contributed by atoms with E-state index in [9.17, 15) is 4.79 Å². The molecule has 0 unspecified atom stereocenters. The minimum absolute atomic E-state index is 0.238. The van der Waals surface area contributed by atoms with Crippen LogP contribution in [0.5, 0.6) is 0 Å².